The number of carbonyl (C=O) groups excluding carboxylic acids is 1. The average molecular weight is 226 g/mol. The van der Waals surface area contributed by atoms with E-state index in [2.05, 4.69) is 42.9 Å². The van der Waals surface area contributed by atoms with Gasteiger partial charge in [-0.05, 0) is 17.9 Å². The topological polar surface area (TPSA) is 17.1 Å². The summed E-state index contributed by atoms with van der Waals surface area (Å²) in [7, 11) is -1.35. The minimum atomic E-state index is -1.35. The van der Waals surface area contributed by atoms with E-state index in [1.807, 2.05) is 18.2 Å². The van der Waals surface area contributed by atoms with Crippen LogP contribution in [0.1, 0.15) is 15.9 Å². The summed E-state index contributed by atoms with van der Waals surface area (Å²) in [5.74, 6) is 8.56. The first-order valence-corrected chi connectivity index (χ1v) is 8.60. The van der Waals surface area contributed by atoms with Gasteiger partial charge in [0.2, 0.25) is 0 Å². The standard InChI is InChI=1S/C14H14OSi/c1-16(2,3)11-7-6-9-13-8-4-5-10-14(13)12-15/h4-5,8,10,12H,1-3H3. The molecule has 0 unspecified atom stereocenters. The monoisotopic (exact) mass is 226 g/mol. The summed E-state index contributed by atoms with van der Waals surface area (Å²) in [6, 6.07) is 7.27. The fourth-order valence-corrected chi connectivity index (χ4v) is 1.47. The minimum Gasteiger partial charge on any atom is -0.298 e. The van der Waals surface area contributed by atoms with Crippen molar-refractivity contribution in [2.45, 2.75) is 19.6 Å². The third-order valence-electron chi connectivity index (χ3n) is 1.78. The van der Waals surface area contributed by atoms with Crippen LogP contribution in [0.4, 0.5) is 0 Å². The van der Waals surface area contributed by atoms with E-state index >= 15 is 0 Å². The molecule has 0 N–H and O–H groups in total. The number of aldehydes is 1. The van der Waals surface area contributed by atoms with E-state index in [1.54, 1.807) is 6.07 Å². The SMILES string of the molecule is C[Si](C)(C)C#CC#Cc1ccccc1C=O. The molecule has 0 aromatic heterocycles. The lowest BCUT2D eigenvalue weighted by Crippen LogP contribution is -2.16. The summed E-state index contributed by atoms with van der Waals surface area (Å²) >= 11 is 0. The number of benzene rings is 1. The molecule has 1 rings (SSSR count). The van der Waals surface area contributed by atoms with E-state index in [0.717, 1.165) is 11.8 Å². The Balaban J connectivity index is 2.92. The maximum absolute atomic E-state index is 10.7. The van der Waals surface area contributed by atoms with Gasteiger partial charge in [-0.2, -0.15) is 0 Å². The van der Waals surface area contributed by atoms with Crippen molar-refractivity contribution in [3.05, 3.63) is 35.4 Å². The van der Waals surface area contributed by atoms with E-state index in [-0.39, 0.29) is 0 Å². The van der Waals surface area contributed by atoms with Crippen LogP contribution in [0.2, 0.25) is 19.6 Å². The minimum absolute atomic E-state index is 0.616. The Morgan fingerprint density at radius 3 is 2.44 bits per heavy atom. The third kappa shape index (κ3) is 4.17. The smallest absolute Gasteiger partial charge is 0.151 e. The van der Waals surface area contributed by atoms with Gasteiger partial charge < -0.3 is 0 Å². The first-order chi connectivity index (χ1) is 7.53. The van der Waals surface area contributed by atoms with Gasteiger partial charge in [-0.3, -0.25) is 4.79 Å². The lowest BCUT2D eigenvalue weighted by atomic mass is 10.1. The highest BCUT2D eigenvalue weighted by molar-refractivity contribution is 6.83. The molecule has 2 heteroatoms. The zero-order valence-electron chi connectivity index (χ0n) is 9.79. The Morgan fingerprint density at radius 2 is 1.81 bits per heavy atom. The largest absolute Gasteiger partial charge is 0.298 e. The van der Waals surface area contributed by atoms with Crippen LogP contribution < -0.4 is 0 Å². The lowest BCUT2D eigenvalue weighted by molar-refractivity contribution is 0.112. The van der Waals surface area contributed by atoms with E-state index in [0.29, 0.717) is 5.56 Å². The molecule has 0 heterocycles. The average Bonchev–Trinajstić information content (AvgIpc) is 2.23. The van der Waals surface area contributed by atoms with Crippen LogP contribution in [0, 0.1) is 23.3 Å². The molecule has 0 spiro atoms. The van der Waals surface area contributed by atoms with Crippen LogP contribution in [-0.2, 0) is 0 Å². The quantitative estimate of drug-likeness (QED) is 0.409. The molecule has 0 aliphatic rings. The second-order valence-corrected chi connectivity index (χ2v) is 9.21. The molecule has 1 aromatic rings. The maximum Gasteiger partial charge on any atom is 0.151 e. The van der Waals surface area contributed by atoms with Crippen molar-refractivity contribution in [1.82, 2.24) is 0 Å². The molecule has 80 valence electrons. The van der Waals surface area contributed by atoms with Crippen LogP contribution in [-0.4, -0.2) is 14.4 Å². The molecule has 1 aromatic carbocycles. The predicted molar refractivity (Wildman–Crippen MR) is 69.8 cm³/mol. The highest BCUT2D eigenvalue weighted by atomic mass is 28.3. The molecule has 0 saturated carbocycles. The molecule has 0 aliphatic carbocycles. The van der Waals surface area contributed by atoms with Crippen molar-refractivity contribution >= 4 is 14.4 Å². The van der Waals surface area contributed by atoms with Crippen molar-refractivity contribution < 1.29 is 4.79 Å². The number of hydrogen-bond acceptors (Lipinski definition) is 1. The van der Waals surface area contributed by atoms with Gasteiger partial charge in [-0.25, -0.2) is 0 Å². The number of carbonyl (C=O) groups is 1. The highest BCUT2D eigenvalue weighted by Gasteiger charge is 2.06. The molecule has 0 radical (unpaired) electrons. The van der Waals surface area contributed by atoms with Crippen molar-refractivity contribution in [2.75, 3.05) is 0 Å². The normalized spacial score (nSPS) is 9.44. The third-order valence-corrected chi connectivity index (χ3v) is 2.66. The Kier molecular flexibility index (Phi) is 4.11. The van der Waals surface area contributed by atoms with Crippen molar-refractivity contribution in [1.29, 1.82) is 0 Å². The first kappa shape index (κ1) is 12.3. The fraction of sp³-hybridized carbons (Fsp3) is 0.214. The Hall–Kier alpha value is -1.77. The molecule has 0 fully saturated rings. The summed E-state index contributed by atoms with van der Waals surface area (Å²) in [5.41, 5.74) is 4.51. The van der Waals surface area contributed by atoms with Crippen LogP contribution in [0.25, 0.3) is 0 Å². The Morgan fingerprint density at radius 1 is 1.12 bits per heavy atom. The summed E-state index contributed by atoms with van der Waals surface area (Å²) in [6.07, 6.45) is 0.815. The van der Waals surface area contributed by atoms with E-state index in [4.69, 9.17) is 0 Å². The van der Waals surface area contributed by atoms with Crippen LogP contribution >= 0.6 is 0 Å². The number of hydrogen-bond donors (Lipinski definition) is 0. The maximum atomic E-state index is 10.7. The van der Waals surface area contributed by atoms with Crippen LogP contribution in [0.15, 0.2) is 24.3 Å². The summed E-state index contributed by atoms with van der Waals surface area (Å²) in [6.45, 7) is 6.50. The van der Waals surface area contributed by atoms with Gasteiger partial charge in [-0.1, -0.05) is 43.8 Å². The highest BCUT2D eigenvalue weighted by Crippen LogP contribution is 2.03. The van der Waals surface area contributed by atoms with E-state index in [1.165, 1.54) is 0 Å². The van der Waals surface area contributed by atoms with Gasteiger partial charge in [0.05, 0.1) is 0 Å². The van der Waals surface area contributed by atoms with Gasteiger partial charge in [0, 0.05) is 11.1 Å². The molecule has 1 nitrogen and oxygen atoms in total. The molecule has 0 aliphatic heterocycles. The summed E-state index contributed by atoms with van der Waals surface area (Å²) < 4.78 is 0. The Bertz CT molecular complexity index is 501. The van der Waals surface area contributed by atoms with Crippen LogP contribution in [0.5, 0.6) is 0 Å². The molecule has 0 atom stereocenters. The van der Waals surface area contributed by atoms with Crippen LogP contribution in [0.3, 0.4) is 0 Å². The number of rotatable bonds is 1. The Labute approximate surface area is 97.9 Å². The summed E-state index contributed by atoms with van der Waals surface area (Å²) in [5, 5.41) is 0. The van der Waals surface area contributed by atoms with Gasteiger partial charge in [0.25, 0.3) is 0 Å². The second-order valence-electron chi connectivity index (χ2n) is 4.46. The van der Waals surface area contributed by atoms with Crippen molar-refractivity contribution in [3.63, 3.8) is 0 Å². The summed E-state index contributed by atoms with van der Waals surface area (Å²) in [4.78, 5) is 10.7. The van der Waals surface area contributed by atoms with E-state index < -0.39 is 8.07 Å². The molecule has 0 bridgehead atoms. The molecular formula is C14H14OSi. The zero-order chi connectivity index (χ0) is 12.0. The molecular weight excluding hydrogens is 212 g/mol. The van der Waals surface area contributed by atoms with Crippen molar-refractivity contribution in [2.24, 2.45) is 0 Å². The van der Waals surface area contributed by atoms with E-state index in [9.17, 15) is 4.79 Å². The second kappa shape index (κ2) is 5.35. The first-order valence-electron chi connectivity index (χ1n) is 5.10. The van der Waals surface area contributed by atoms with Gasteiger partial charge in [0.15, 0.2) is 6.29 Å². The predicted octanol–water partition coefficient (Wildman–Crippen LogP) is 2.73. The lowest BCUT2D eigenvalue weighted by Gasteiger charge is -2.01. The van der Waals surface area contributed by atoms with Gasteiger partial charge in [-0.15, -0.1) is 5.54 Å². The fourth-order valence-electron chi connectivity index (χ4n) is 1.03. The van der Waals surface area contributed by atoms with Gasteiger partial charge in [0.1, 0.15) is 8.07 Å². The van der Waals surface area contributed by atoms with Crippen molar-refractivity contribution in [3.8, 4) is 23.3 Å². The molecule has 0 saturated heterocycles. The zero-order valence-corrected chi connectivity index (χ0v) is 10.8. The molecule has 16 heavy (non-hydrogen) atoms. The molecule has 0 amide bonds. The van der Waals surface area contributed by atoms with Gasteiger partial charge >= 0.3 is 0 Å².